The minimum absolute atomic E-state index is 0.00892. The van der Waals surface area contributed by atoms with Crippen LogP contribution in [-0.2, 0) is 10.1 Å². The number of halogens is 1. The van der Waals surface area contributed by atoms with Crippen molar-refractivity contribution in [3.8, 4) is 5.75 Å². The number of hydrogen-bond donors (Lipinski definition) is 1. The normalized spacial score (nSPS) is 11.0. The summed E-state index contributed by atoms with van der Waals surface area (Å²) in [5, 5.41) is 0. The molecule has 2 N–H and O–H groups in total. The van der Waals surface area contributed by atoms with E-state index in [-0.39, 0.29) is 22.0 Å². The van der Waals surface area contributed by atoms with Crippen molar-refractivity contribution in [3.05, 3.63) is 95.3 Å². The standard InChI is InChI=1S/C20H14FNO5S/c21-16-7-1-13(2-8-16)19(23)14-3-9-17(10-4-14)27-28(25,26)18-11-5-15(6-12-18)20(22)24/h1-12H,(H2,22,24). The van der Waals surface area contributed by atoms with Crippen LogP contribution in [-0.4, -0.2) is 20.1 Å². The topological polar surface area (TPSA) is 104 Å². The lowest BCUT2D eigenvalue weighted by atomic mass is 10.0. The first-order valence-electron chi connectivity index (χ1n) is 8.01. The van der Waals surface area contributed by atoms with Crippen molar-refractivity contribution >= 4 is 21.8 Å². The van der Waals surface area contributed by atoms with Crippen molar-refractivity contribution in [2.45, 2.75) is 4.90 Å². The molecule has 142 valence electrons. The molecule has 28 heavy (non-hydrogen) atoms. The molecule has 0 heterocycles. The third-order valence-electron chi connectivity index (χ3n) is 3.86. The van der Waals surface area contributed by atoms with Crippen LogP contribution in [0.4, 0.5) is 4.39 Å². The molecule has 0 aliphatic rings. The van der Waals surface area contributed by atoms with Crippen molar-refractivity contribution in [2.24, 2.45) is 5.73 Å². The van der Waals surface area contributed by atoms with E-state index < -0.39 is 21.8 Å². The number of rotatable bonds is 6. The van der Waals surface area contributed by atoms with Crippen LogP contribution in [0.2, 0.25) is 0 Å². The fourth-order valence-electron chi connectivity index (χ4n) is 2.39. The monoisotopic (exact) mass is 399 g/mol. The molecule has 3 rings (SSSR count). The predicted octanol–water partition coefficient (Wildman–Crippen LogP) is 2.92. The number of carbonyl (C=O) groups is 2. The molecule has 0 aliphatic carbocycles. The summed E-state index contributed by atoms with van der Waals surface area (Å²) in [5.74, 6) is -1.45. The molecular weight excluding hydrogens is 385 g/mol. The van der Waals surface area contributed by atoms with Crippen molar-refractivity contribution in [1.29, 1.82) is 0 Å². The molecule has 0 unspecified atom stereocenters. The Morgan fingerprint density at radius 3 is 1.71 bits per heavy atom. The summed E-state index contributed by atoms with van der Waals surface area (Å²) in [7, 11) is -4.12. The third-order valence-corrected chi connectivity index (χ3v) is 5.12. The zero-order valence-electron chi connectivity index (χ0n) is 14.3. The highest BCUT2D eigenvalue weighted by atomic mass is 32.2. The summed E-state index contributed by atoms with van der Waals surface area (Å²) in [5.41, 5.74) is 5.88. The fourth-order valence-corrected chi connectivity index (χ4v) is 3.32. The first-order valence-corrected chi connectivity index (χ1v) is 9.42. The average molecular weight is 399 g/mol. The fraction of sp³-hybridized carbons (Fsp3) is 0. The summed E-state index contributed by atoms with van der Waals surface area (Å²) in [6.45, 7) is 0. The van der Waals surface area contributed by atoms with Crippen molar-refractivity contribution in [3.63, 3.8) is 0 Å². The van der Waals surface area contributed by atoms with E-state index >= 15 is 0 Å². The van der Waals surface area contributed by atoms with Crippen LogP contribution < -0.4 is 9.92 Å². The molecule has 0 spiro atoms. The summed E-state index contributed by atoms with van der Waals surface area (Å²) in [6.07, 6.45) is 0. The Bertz CT molecular complexity index is 1120. The number of benzene rings is 3. The van der Waals surface area contributed by atoms with Crippen molar-refractivity contribution in [2.75, 3.05) is 0 Å². The first-order chi connectivity index (χ1) is 13.3. The second-order valence-corrected chi connectivity index (χ2v) is 7.33. The van der Waals surface area contributed by atoms with E-state index in [2.05, 4.69) is 0 Å². The minimum Gasteiger partial charge on any atom is -0.379 e. The maximum absolute atomic E-state index is 13.0. The Kier molecular flexibility index (Phi) is 5.23. The van der Waals surface area contributed by atoms with Gasteiger partial charge in [-0.1, -0.05) is 0 Å². The van der Waals surface area contributed by atoms with Gasteiger partial charge in [0.2, 0.25) is 5.91 Å². The molecule has 0 fully saturated rings. The van der Waals surface area contributed by atoms with E-state index in [1.54, 1.807) is 0 Å². The van der Waals surface area contributed by atoms with E-state index in [0.29, 0.717) is 11.1 Å². The molecular formula is C20H14FNO5S. The Labute approximate surface area is 160 Å². The number of ketones is 1. The zero-order chi connectivity index (χ0) is 20.3. The van der Waals surface area contributed by atoms with E-state index in [1.165, 1.54) is 72.8 Å². The molecule has 6 nitrogen and oxygen atoms in total. The predicted molar refractivity (Wildman–Crippen MR) is 99.0 cm³/mol. The van der Waals surface area contributed by atoms with Gasteiger partial charge in [0, 0.05) is 16.7 Å². The van der Waals surface area contributed by atoms with Crippen LogP contribution in [0, 0.1) is 5.82 Å². The maximum Gasteiger partial charge on any atom is 0.339 e. The van der Waals surface area contributed by atoms with E-state index in [9.17, 15) is 22.4 Å². The maximum atomic E-state index is 13.0. The lowest BCUT2D eigenvalue weighted by Crippen LogP contribution is -2.13. The van der Waals surface area contributed by atoms with Gasteiger partial charge in [0.1, 0.15) is 16.5 Å². The van der Waals surface area contributed by atoms with Crippen LogP contribution >= 0.6 is 0 Å². The van der Waals surface area contributed by atoms with Crippen LogP contribution in [0.1, 0.15) is 26.3 Å². The summed E-state index contributed by atoms with van der Waals surface area (Å²) < 4.78 is 42.6. The molecule has 0 atom stereocenters. The summed E-state index contributed by atoms with van der Waals surface area (Å²) in [6, 6.07) is 15.6. The van der Waals surface area contributed by atoms with Crippen molar-refractivity contribution in [1.82, 2.24) is 0 Å². The zero-order valence-corrected chi connectivity index (χ0v) is 15.1. The van der Waals surface area contributed by atoms with Gasteiger partial charge in [-0.25, -0.2) is 4.39 Å². The minimum atomic E-state index is -4.12. The molecule has 1 amide bonds. The Hall–Kier alpha value is -3.52. The van der Waals surface area contributed by atoms with Crippen LogP contribution in [0.5, 0.6) is 5.75 Å². The highest BCUT2D eigenvalue weighted by molar-refractivity contribution is 7.87. The summed E-state index contributed by atoms with van der Waals surface area (Å²) in [4.78, 5) is 23.2. The number of hydrogen-bond acceptors (Lipinski definition) is 5. The molecule has 0 saturated carbocycles. The smallest absolute Gasteiger partial charge is 0.339 e. The van der Waals surface area contributed by atoms with E-state index in [1.807, 2.05) is 0 Å². The second-order valence-electron chi connectivity index (χ2n) is 5.79. The largest absolute Gasteiger partial charge is 0.379 e. The van der Waals surface area contributed by atoms with E-state index in [4.69, 9.17) is 9.92 Å². The van der Waals surface area contributed by atoms with Gasteiger partial charge in [0.15, 0.2) is 5.78 Å². The van der Waals surface area contributed by atoms with Gasteiger partial charge in [-0.15, -0.1) is 0 Å². The van der Waals surface area contributed by atoms with Gasteiger partial charge in [0.25, 0.3) is 0 Å². The third kappa shape index (κ3) is 4.24. The Morgan fingerprint density at radius 2 is 1.21 bits per heavy atom. The highest BCUT2D eigenvalue weighted by Crippen LogP contribution is 2.21. The Morgan fingerprint density at radius 1 is 0.750 bits per heavy atom. The van der Waals surface area contributed by atoms with Crippen molar-refractivity contribution < 1.29 is 26.6 Å². The van der Waals surface area contributed by atoms with Gasteiger partial charge in [-0.3, -0.25) is 9.59 Å². The second kappa shape index (κ2) is 7.61. The van der Waals surface area contributed by atoms with Gasteiger partial charge in [0.05, 0.1) is 0 Å². The molecule has 3 aromatic carbocycles. The number of nitrogens with two attached hydrogens (primary N) is 1. The van der Waals surface area contributed by atoms with E-state index in [0.717, 1.165) is 0 Å². The SMILES string of the molecule is NC(=O)c1ccc(S(=O)(=O)Oc2ccc(C(=O)c3ccc(F)cc3)cc2)cc1. The Balaban J connectivity index is 1.77. The highest BCUT2D eigenvalue weighted by Gasteiger charge is 2.18. The number of carbonyl (C=O) groups excluding carboxylic acids is 2. The quantitative estimate of drug-likeness (QED) is 0.507. The molecule has 0 radical (unpaired) electrons. The summed E-state index contributed by atoms with van der Waals surface area (Å²) >= 11 is 0. The van der Waals surface area contributed by atoms with Gasteiger partial charge in [-0.2, -0.15) is 8.42 Å². The van der Waals surface area contributed by atoms with Crippen LogP contribution in [0.3, 0.4) is 0 Å². The van der Waals surface area contributed by atoms with Gasteiger partial charge >= 0.3 is 10.1 Å². The van der Waals surface area contributed by atoms with Gasteiger partial charge < -0.3 is 9.92 Å². The molecule has 0 aliphatic heterocycles. The molecule has 0 saturated heterocycles. The lowest BCUT2D eigenvalue weighted by molar-refractivity contribution is 0.0998. The molecule has 8 heteroatoms. The van der Waals surface area contributed by atoms with Crippen LogP contribution in [0.25, 0.3) is 0 Å². The number of amides is 1. The van der Waals surface area contributed by atoms with Crippen LogP contribution in [0.15, 0.2) is 77.7 Å². The molecule has 3 aromatic rings. The molecule has 0 bridgehead atoms. The average Bonchev–Trinajstić information content (AvgIpc) is 2.68. The first kappa shape index (κ1) is 19.2. The lowest BCUT2D eigenvalue weighted by Gasteiger charge is -2.08. The van der Waals surface area contributed by atoms with Gasteiger partial charge in [-0.05, 0) is 72.8 Å². The number of primary amides is 1. The molecule has 0 aromatic heterocycles.